The van der Waals surface area contributed by atoms with Crippen LogP contribution in [-0.2, 0) is 16.0 Å². The Hall–Kier alpha value is -1.84. The molecule has 1 N–H and O–H groups in total. The third-order valence-corrected chi connectivity index (χ3v) is 1.84. The normalized spacial score (nSPS) is 11.2. The topological polar surface area (TPSA) is 46.5 Å². The Morgan fingerprint density at radius 3 is 2.60 bits per heavy atom. The van der Waals surface area contributed by atoms with Gasteiger partial charge < -0.3 is 9.84 Å². The molecule has 0 saturated heterocycles. The molecule has 0 saturated carbocycles. The SMILES string of the molecule is COC(=O)C(O)=CCc1ccc(F)cc1. The molecule has 0 radical (unpaired) electrons. The van der Waals surface area contributed by atoms with Crippen molar-refractivity contribution in [3.8, 4) is 0 Å². The van der Waals surface area contributed by atoms with E-state index in [0.29, 0.717) is 6.42 Å². The van der Waals surface area contributed by atoms with Gasteiger partial charge in [-0.25, -0.2) is 9.18 Å². The lowest BCUT2D eigenvalue weighted by molar-refractivity contribution is -0.139. The third-order valence-electron chi connectivity index (χ3n) is 1.84. The molecule has 0 bridgehead atoms. The van der Waals surface area contributed by atoms with Crippen LogP contribution in [0.3, 0.4) is 0 Å². The number of esters is 1. The van der Waals surface area contributed by atoms with E-state index in [0.717, 1.165) is 5.56 Å². The maximum absolute atomic E-state index is 12.5. The van der Waals surface area contributed by atoms with E-state index in [1.54, 1.807) is 12.1 Å². The Kier molecular flexibility index (Phi) is 3.85. The summed E-state index contributed by atoms with van der Waals surface area (Å²) in [5.41, 5.74) is 0.798. The molecule has 0 aromatic heterocycles. The lowest BCUT2D eigenvalue weighted by Gasteiger charge is -1.98. The van der Waals surface area contributed by atoms with Crippen molar-refractivity contribution in [1.82, 2.24) is 0 Å². The van der Waals surface area contributed by atoms with Gasteiger partial charge in [-0.3, -0.25) is 0 Å². The molecule has 1 aromatic carbocycles. The standard InChI is InChI=1S/C11H11FO3/c1-15-11(14)10(13)7-4-8-2-5-9(12)6-3-8/h2-3,5-7,13H,4H2,1H3. The van der Waals surface area contributed by atoms with Gasteiger partial charge in [0.25, 0.3) is 0 Å². The fraction of sp³-hybridized carbons (Fsp3) is 0.182. The fourth-order valence-corrected chi connectivity index (χ4v) is 1.02. The number of halogens is 1. The van der Waals surface area contributed by atoms with E-state index in [1.807, 2.05) is 0 Å². The van der Waals surface area contributed by atoms with Crippen molar-refractivity contribution in [2.24, 2.45) is 0 Å². The zero-order chi connectivity index (χ0) is 11.3. The summed E-state index contributed by atoms with van der Waals surface area (Å²) in [5.74, 6) is -1.54. The first-order valence-electron chi connectivity index (χ1n) is 4.35. The second-order valence-electron chi connectivity index (χ2n) is 2.91. The summed E-state index contributed by atoms with van der Waals surface area (Å²) in [6.07, 6.45) is 1.67. The molecular weight excluding hydrogens is 199 g/mol. The van der Waals surface area contributed by atoms with Crippen LogP contribution in [0.2, 0.25) is 0 Å². The van der Waals surface area contributed by atoms with Gasteiger partial charge in [0.05, 0.1) is 7.11 Å². The van der Waals surface area contributed by atoms with E-state index in [-0.39, 0.29) is 5.82 Å². The Bertz CT molecular complexity index is 368. The highest BCUT2D eigenvalue weighted by atomic mass is 19.1. The number of hydrogen-bond donors (Lipinski definition) is 1. The first kappa shape index (κ1) is 11.2. The third kappa shape index (κ3) is 3.42. The van der Waals surface area contributed by atoms with Gasteiger partial charge in [-0.2, -0.15) is 0 Å². The van der Waals surface area contributed by atoms with Crippen molar-refractivity contribution in [3.63, 3.8) is 0 Å². The number of carbonyl (C=O) groups is 1. The van der Waals surface area contributed by atoms with Gasteiger partial charge >= 0.3 is 5.97 Å². The molecule has 0 atom stereocenters. The molecule has 15 heavy (non-hydrogen) atoms. The molecule has 0 spiro atoms. The van der Waals surface area contributed by atoms with E-state index < -0.39 is 11.7 Å². The van der Waals surface area contributed by atoms with Crippen molar-refractivity contribution in [2.45, 2.75) is 6.42 Å². The molecule has 3 nitrogen and oxygen atoms in total. The van der Waals surface area contributed by atoms with Crippen LogP contribution in [0.4, 0.5) is 4.39 Å². The minimum atomic E-state index is -0.780. The summed E-state index contributed by atoms with van der Waals surface area (Å²) in [7, 11) is 1.18. The highest BCUT2D eigenvalue weighted by molar-refractivity contribution is 5.85. The molecule has 0 unspecified atom stereocenters. The van der Waals surface area contributed by atoms with E-state index in [2.05, 4.69) is 4.74 Å². The molecule has 80 valence electrons. The van der Waals surface area contributed by atoms with Crippen molar-refractivity contribution < 1.29 is 19.0 Å². The van der Waals surface area contributed by atoms with E-state index >= 15 is 0 Å². The number of benzene rings is 1. The van der Waals surface area contributed by atoms with E-state index in [4.69, 9.17) is 5.11 Å². The quantitative estimate of drug-likeness (QED) is 0.471. The van der Waals surface area contributed by atoms with Crippen LogP contribution in [0.15, 0.2) is 36.1 Å². The molecule has 4 heteroatoms. The molecule has 0 aliphatic rings. The van der Waals surface area contributed by atoms with E-state index in [1.165, 1.54) is 25.3 Å². The Morgan fingerprint density at radius 2 is 2.07 bits per heavy atom. The summed E-state index contributed by atoms with van der Waals surface area (Å²) in [4.78, 5) is 10.8. The number of aliphatic hydroxyl groups excluding tert-OH is 1. The summed E-state index contributed by atoms with van der Waals surface area (Å²) in [6.45, 7) is 0. The maximum atomic E-state index is 12.5. The zero-order valence-corrected chi connectivity index (χ0v) is 8.24. The van der Waals surface area contributed by atoms with Crippen LogP contribution in [-0.4, -0.2) is 18.2 Å². The smallest absolute Gasteiger partial charge is 0.372 e. The Labute approximate surface area is 86.8 Å². The number of rotatable bonds is 3. The molecular formula is C11H11FO3. The minimum absolute atomic E-state index is 0.320. The van der Waals surface area contributed by atoms with Gasteiger partial charge in [-0.15, -0.1) is 0 Å². The molecule has 1 aromatic rings. The second-order valence-corrected chi connectivity index (χ2v) is 2.91. The highest BCUT2D eigenvalue weighted by Gasteiger charge is 2.05. The number of hydrogen-bond acceptors (Lipinski definition) is 3. The summed E-state index contributed by atoms with van der Waals surface area (Å²) >= 11 is 0. The number of allylic oxidation sites excluding steroid dienone is 1. The number of ether oxygens (including phenoxy) is 1. The van der Waals surface area contributed by atoms with Crippen LogP contribution in [0.25, 0.3) is 0 Å². The molecule has 0 aliphatic heterocycles. The minimum Gasteiger partial charge on any atom is -0.502 e. The number of methoxy groups -OCH3 is 1. The largest absolute Gasteiger partial charge is 0.502 e. The van der Waals surface area contributed by atoms with Crippen LogP contribution in [0.1, 0.15) is 5.56 Å². The van der Waals surface area contributed by atoms with Crippen LogP contribution < -0.4 is 0 Å². The monoisotopic (exact) mass is 210 g/mol. The van der Waals surface area contributed by atoms with Crippen molar-refractivity contribution >= 4 is 5.97 Å². The Balaban J connectivity index is 2.63. The van der Waals surface area contributed by atoms with E-state index in [9.17, 15) is 9.18 Å². The van der Waals surface area contributed by atoms with Crippen molar-refractivity contribution in [1.29, 1.82) is 0 Å². The van der Waals surface area contributed by atoms with Gasteiger partial charge in [0, 0.05) is 0 Å². The second kappa shape index (κ2) is 5.14. The predicted octanol–water partition coefficient (Wildman–Crippen LogP) is 1.98. The molecule has 0 heterocycles. The first-order valence-corrected chi connectivity index (χ1v) is 4.35. The maximum Gasteiger partial charge on any atom is 0.372 e. The predicted molar refractivity (Wildman–Crippen MR) is 52.8 cm³/mol. The average molecular weight is 210 g/mol. The highest BCUT2D eigenvalue weighted by Crippen LogP contribution is 2.05. The lowest BCUT2D eigenvalue weighted by atomic mass is 10.1. The van der Waals surface area contributed by atoms with Gasteiger partial charge in [0.2, 0.25) is 0 Å². The van der Waals surface area contributed by atoms with Gasteiger partial charge in [-0.1, -0.05) is 12.1 Å². The summed E-state index contributed by atoms with van der Waals surface area (Å²) in [5, 5.41) is 9.15. The molecule has 0 fully saturated rings. The van der Waals surface area contributed by atoms with Crippen LogP contribution in [0.5, 0.6) is 0 Å². The van der Waals surface area contributed by atoms with Crippen LogP contribution >= 0.6 is 0 Å². The molecule has 0 amide bonds. The molecule has 0 aliphatic carbocycles. The summed E-state index contributed by atoms with van der Waals surface area (Å²) < 4.78 is 16.8. The van der Waals surface area contributed by atoms with Crippen molar-refractivity contribution in [2.75, 3.05) is 7.11 Å². The fourth-order valence-electron chi connectivity index (χ4n) is 1.02. The van der Waals surface area contributed by atoms with Gasteiger partial charge in [-0.05, 0) is 30.2 Å². The van der Waals surface area contributed by atoms with Crippen LogP contribution in [0, 0.1) is 5.82 Å². The molecule has 1 rings (SSSR count). The number of aliphatic hydroxyl groups is 1. The van der Waals surface area contributed by atoms with Crippen molar-refractivity contribution in [3.05, 3.63) is 47.5 Å². The lowest BCUT2D eigenvalue weighted by Crippen LogP contribution is -2.04. The van der Waals surface area contributed by atoms with Gasteiger partial charge in [0.1, 0.15) is 5.82 Å². The zero-order valence-electron chi connectivity index (χ0n) is 8.24. The average Bonchev–Trinajstić information content (AvgIpc) is 2.26. The van der Waals surface area contributed by atoms with Gasteiger partial charge in [0.15, 0.2) is 5.76 Å². The Morgan fingerprint density at radius 1 is 1.47 bits per heavy atom. The first-order chi connectivity index (χ1) is 7.13. The summed E-state index contributed by atoms with van der Waals surface area (Å²) in [6, 6.07) is 5.80. The number of carbonyl (C=O) groups excluding carboxylic acids is 1.